The monoisotopic (exact) mass is 263 g/mol. The van der Waals surface area contributed by atoms with Crippen molar-refractivity contribution in [1.82, 2.24) is 5.32 Å². The predicted octanol–water partition coefficient (Wildman–Crippen LogP) is 1.83. The van der Waals surface area contributed by atoms with Crippen molar-refractivity contribution in [3.63, 3.8) is 0 Å². The van der Waals surface area contributed by atoms with Gasteiger partial charge in [-0.2, -0.15) is 0 Å². The fourth-order valence-electron chi connectivity index (χ4n) is 2.36. The number of hydrogen-bond acceptors (Lipinski definition) is 3. The van der Waals surface area contributed by atoms with E-state index < -0.39 is 0 Å². The van der Waals surface area contributed by atoms with E-state index in [0.717, 1.165) is 37.0 Å². The average molecular weight is 263 g/mol. The second-order valence-corrected chi connectivity index (χ2v) is 4.80. The van der Waals surface area contributed by atoms with Crippen molar-refractivity contribution in [2.45, 2.75) is 31.6 Å². The molecule has 0 spiro atoms. The number of hydrogen-bond donors (Lipinski definition) is 2. The Balaban J connectivity index is 1.86. The molecule has 0 aliphatic carbocycles. The van der Waals surface area contributed by atoms with Gasteiger partial charge in [0.05, 0.1) is 12.5 Å². The number of fused-ring (bicyclic) bond motifs is 1. The lowest BCUT2D eigenvalue weighted by Crippen LogP contribution is -2.33. The minimum atomic E-state index is -0.0946. The molecule has 4 heteroatoms. The highest BCUT2D eigenvalue weighted by molar-refractivity contribution is 5.84. The summed E-state index contributed by atoms with van der Waals surface area (Å²) in [5, 5.41) is 11.7. The molecule has 1 amide bonds. The molecule has 1 atom stereocenters. The van der Waals surface area contributed by atoms with Crippen LogP contribution in [0.4, 0.5) is 0 Å². The number of unbranched alkanes of at least 4 members (excludes halogenated alkanes) is 2. The number of ether oxygens (including phenoxy) is 1. The Morgan fingerprint density at radius 3 is 3.00 bits per heavy atom. The summed E-state index contributed by atoms with van der Waals surface area (Å²) >= 11 is 0. The number of carbonyl (C=O) groups is 1. The van der Waals surface area contributed by atoms with Gasteiger partial charge < -0.3 is 15.2 Å². The Kier molecular flexibility index (Phi) is 5.21. The Bertz CT molecular complexity index is 420. The molecule has 1 unspecified atom stereocenters. The van der Waals surface area contributed by atoms with Crippen LogP contribution >= 0.6 is 0 Å². The number of aliphatic hydroxyl groups excluding tert-OH is 1. The van der Waals surface area contributed by atoms with Crippen molar-refractivity contribution >= 4 is 5.91 Å². The van der Waals surface area contributed by atoms with Crippen LogP contribution in [0.25, 0.3) is 0 Å². The zero-order chi connectivity index (χ0) is 13.5. The predicted molar refractivity (Wildman–Crippen MR) is 73.2 cm³/mol. The van der Waals surface area contributed by atoms with Crippen LogP contribution in [0.15, 0.2) is 24.3 Å². The Hall–Kier alpha value is -1.55. The Morgan fingerprint density at radius 2 is 2.16 bits per heavy atom. The molecule has 4 nitrogen and oxygen atoms in total. The fourth-order valence-corrected chi connectivity index (χ4v) is 2.36. The van der Waals surface area contributed by atoms with E-state index in [4.69, 9.17) is 9.84 Å². The zero-order valence-electron chi connectivity index (χ0n) is 11.1. The third kappa shape index (κ3) is 3.70. The summed E-state index contributed by atoms with van der Waals surface area (Å²) < 4.78 is 5.55. The van der Waals surface area contributed by atoms with Gasteiger partial charge in [0.25, 0.3) is 0 Å². The molecule has 1 aromatic carbocycles. The van der Waals surface area contributed by atoms with Crippen LogP contribution in [-0.4, -0.2) is 30.8 Å². The van der Waals surface area contributed by atoms with E-state index in [9.17, 15) is 4.79 Å². The van der Waals surface area contributed by atoms with Gasteiger partial charge in [-0.15, -0.1) is 0 Å². The van der Waals surface area contributed by atoms with Crippen molar-refractivity contribution in [3.05, 3.63) is 29.8 Å². The first kappa shape index (κ1) is 13.9. The molecule has 1 aliphatic heterocycles. The molecule has 0 radical (unpaired) electrons. The lowest BCUT2D eigenvalue weighted by Gasteiger charge is -2.25. The van der Waals surface area contributed by atoms with Crippen molar-refractivity contribution in [2.75, 3.05) is 19.8 Å². The molecule has 0 aromatic heterocycles. The first-order valence-electron chi connectivity index (χ1n) is 6.93. The minimum Gasteiger partial charge on any atom is -0.493 e. The fraction of sp³-hybridized carbons (Fsp3) is 0.533. The molecule has 19 heavy (non-hydrogen) atoms. The SMILES string of the molecule is O=C(NCCCCCO)C1CCOc2ccccc21. The molecule has 2 N–H and O–H groups in total. The number of benzene rings is 1. The maximum Gasteiger partial charge on any atom is 0.227 e. The van der Waals surface area contributed by atoms with E-state index in [2.05, 4.69) is 5.32 Å². The van der Waals surface area contributed by atoms with Gasteiger partial charge in [-0.1, -0.05) is 18.2 Å². The number of amides is 1. The Labute approximate surface area is 113 Å². The highest BCUT2D eigenvalue weighted by Gasteiger charge is 2.26. The summed E-state index contributed by atoms with van der Waals surface area (Å²) in [6.07, 6.45) is 3.40. The van der Waals surface area contributed by atoms with Gasteiger partial charge in [0, 0.05) is 18.7 Å². The number of rotatable bonds is 6. The molecule has 104 valence electrons. The average Bonchev–Trinajstić information content (AvgIpc) is 2.46. The van der Waals surface area contributed by atoms with Gasteiger partial charge in [-0.3, -0.25) is 4.79 Å². The van der Waals surface area contributed by atoms with E-state index in [0.29, 0.717) is 13.2 Å². The molecular formula is C15H21NO3. The van der Waals surface area contributed by atoms with Crippen molar-refractivity contribution in [1.29, 1.82) is 0 Å². The van der Waals surface area contributed by atoms with Crippen molar-refractivity contribution < 1.29 is 14.6 Å². The largest absolute Gasteiger partial charge is 0.493 e. The number of para-hydroxylation sites is 1. The molecule has 0 saturated heterocycles. The zero-order valence-corrected chi connectivity index (χ0v) is 11.1. The lowest BCUT2D eigenvalue weighted by atomic mass is 9.92. The summed E-state index contributed by atoms with van der Waals surface area (Å²) in [4.78, 5) is 12.2. The van der Waals surface area contributed by atoms with Gasteiger partial charge in [0.1, 0.15) is 5.75 Å². The highest BCUT2D eigenvalue weighted by atomic mass is 16.5. The van der Waals surface area contributed by atoms with Crippen molar-refractivity contribution in [2.24, 2.45) is 0 Å². The Morgan fingerprint density at radius 1 is 1.32 bits per heavy atom. The van der Waals surface area contributed by atoms with E-state index in [1.807, 2.05) is 24.3 Å². The van der Waals surface area contributed by atoms with Gasteiger partial charge in [0.2, 0.25) is 5.91 Å². The first-order chi connectivity index (χ1) is 9.33. The van der Waals surface area contributed by atoms with E-state index in [-0.39, 0.29) is 18.4 Å². The highest BCUT2D eigenvalue weighted by Crippen LogP contribution is 2.33. The molecule has 0 bridgehead atoms. The maximum atomic E-state index is 12.2. The van der Waals surface area contributed by atoms with Crippen molar-refractivity contribution in [3.8, 4) is 5.75 Å². The first-order valence-corrected chi connectivity index (χ1v) is 6.93. The topological polar surface area (TPSA) is 58.6 Å². The van der Waals surface area contributed by atoms with Gasteiger partial charge >= 0.3 is 0 Å². The normalized spacial score (nSPS) is 17.4. The molecule has 0 saturated carbocycles. The number of nitrogens with one attached hydrogen (secondary N) is 1. The summed E-state index contributed by atoms with van der Waals surface area (Å²) in [7, 11) is 0. The van der Waals surface area contributed by atoms with Crippen LogP contribution in [0.5, 0.6) is 5.75 Å². The molecule has 1 aromatic rings. The number of carbonyl (C=O) groups excluding carboxylic acids is 1. The molecule has 1 aliphatic rings. The third-order valence-corrected chi connectivity index (χ3v) is 3.41. The smallest absolute Gasteiger partial charge is 0.227 e. The maximum absolute atomic E-state index is 12.2. The van der Waals surface area contributed by atoms with Crippen LogP contribution < -0.4 is 10.1 Å². The second-order valence-electron chi connectivity index (χ2n) is 4.80. The lowest BCUT2D eigenvalue weighted by molar-refractivity contribution is -0.123. The second kappa shape index (κ2) is 7.14. The summed E-state index contributed by atoms with van der Waals surface area (Å²) in [5.74, 6) is 0.816. The van der Waals surface area contributed by atoms with Gasteiger partial charge in [-0.25, -0.2) is 0 Å². The third-order valence-electron chi connectivity index (χ3n) is 3.41. The van der Waals surface area contributed by atoms with E-state index in [1.54, 1.807) is 0 Å². The van der Waals surface area contributed by atoms with E-state index in [1.165, 1.54) is 0 Å². The van der Waals surface area contributed by atoms with Gasteiger partial charge in [0.15, 0.2) is 0 Å². The minimum absolute atomic E-state index is 0.0831. The summed E-state index contributed by atoms with van der Waals surface area (Å²) in [6, 6.07) is 7.74. The van der Waals surface area contributed by atoms with Gasteiger partial charge in [-0.05, 0) is 31.7 Å². The molecule has 2 rings (SSSR count). The molecule has 0 fully saturated rings. The molecule has 1 heterocycles. The van der Waals surface area contributed by atoms with Crippen LogP contribution in [0, 0.1) is 0 Å². The standard InChI is InChI=1S/C15H21NO3/c17-10-5-1-4-9-16-15(18)13-8-11-19-14-7-3-2-6-12(13)14/h2-3,6-7,13,17H,1,4-5,8-11H2,(H,16,18). The van der Waals surface area contributed by atoms with E-state index >= 15 is 0 Å². The van der Waals surface area contributed by atoms with Crippen LogP contribution in [0.3, 0.4) is 0 Å². The van der Waals surface area contributed by atoms with Crippen LogP contribution in [0.2, 0.25) is 0 Å². The van der Waals surface area contributed by atoms with Crippen LogP contribution in [-0.2, 0) is 4.79 Å². The summed E-state index contributed by atoms with van der Waals surface area (Å²) in [5.41, 5.74) is 0.988. The van der Waals surface area contributed by atoms with Crippen LogP contribution in [0.1, 0.15) is 37.2 Å². The quantitative estimate of drug-likeness (QED) is 0.770. The molecular weight excluding hydrogens is 242 g/mol. The number of aliphatic hydroxyl groups is 1. The summed E-state index contributed by atoms with van der Waals surface area (Å²) in [6.45, 7) is 1.50.